The highest BCUT2D eigenvalue weighted by Gasteiger charge is 2.25. The van der Waals surface area contributed by atoms with Crippen molar-refractivity contribution in [3.8, 4) is 0 Å². The Balaban J connectivity index is 1.56. The molecule has 1 unspecified atom stereocenters. The van der Waals surface area contributed by atoms with Gasteiger partial charge in [0.1, 0.15) is 0 Å². The van der Waals surface area contributed by atoms with Crippen molar-refractivity contribution in [2.75, 3.05) is 36.4 Å². The molecular formula is C21H26ClN3O. The Morgan fingerprint density at radius 3 is 2.58 bits per heavy atom. The van der Waals surface area contributed by atoms with E-state index in [-0.39, 0.29) is 5.91 Å². The molecule has 1 aliphatic rings. The predicted molar refractivity (Wildman–Crippen MR) is 109 cm³/mol. The number of hydrogen-bond acceptors (Lipinski definition) is 3. The van der Waals surface area contributed by atoms with Crippen LogP contribution in [0.3, 0.4) is 0 Å². The van der Waals surface area contributed by atoms with Crippen molar-refractivity contribution in [2.45, 2.75) is 26.8 Å². The highest BCUT2D eigenvalue weighted by molar-refractivity contribution is 6.31. The molecule has 0 radical (unpaired) electrons. The van der Waals surface area contributed by atoms with Gasteiger partial charge in [0.2, 0.25) is 5.91 Å². The molecule has 1 atom stereocenters. The molecule has 1 amide bonds. The molecule has 4 nitrogen and oxygen atoms in total. The molecule has 0 bridgehead atoms. The summed E-state index contributed by atoms with van der Waals surface area (Å²) in [4.78, 5) is 17.1. The molecule has 0 aromatic heterocycles. The summed E-state index contributed by atoms with van der Waals surface area (Å²) in [5.41, 5.74) is 4.21. The van der Waals surface area contributed by atoms with Crippen LogP contribution >= 0.6 is 11.6 Å². The van der Waals surface area contributed by atoms with Crippen LogP contribution in [-0.4, -0.2) is 43.0 Å². The quantitative estimate of drug-likeness (QED) is 0.878. The van der Waals surface area contributed by atoms with E-state index in [4.69, 9.17) is 11.6 Å². The lowest BCUT2D eigenvalue weighted by molar-refractivity contribution is -0.117. The number of halogens is 1. The maximum atomic E-state index is 12.4. The van der Waals surface area contributed by atoms with Gasteiger partial charge in [0.25, 0.3) is 0 Å². The SMILES string of the molecule is Cc1ccc(N2CCN(CC(=O)Nc3cccc(Cl)c3C)CC2C)cc1. The lowest BCUT2D eigenvalue weighted by Crippen LogP contribution is -2.53. The molecule has 1 N–H and O–H groups in total. The maximum Gasteiger partial charge on any atom is 0.238 e. The number of carbonyl (C=O) groups is 1. The number of amides is 1. The largest absolute Gasteiger partial charge is 0.366 e. The summed E-state index contributed by atoms with van der Waals surface area (Å²) in [7, 11) is 0. The smallest absolute Gasteiger partial charge is 0.238 e. The lowest BCUT2D eigenvalue weighted by atomic mass is 10.1. The molecule has 0 aliphatic carbocycles. The van der Waals surface area contributed by atoms with E-state index in [1.54, 1.807) is 0 Å². The Bertz CT molecular complexity index is 775. The second-order valence-corrected chi connectivity index (χ2v) is 7.48. The van der Waals surface area contributed by atoms with Gasteiger partial charge in [-0.1, -0.05) is 35.4 Å². The minimum Gasteiger partial charge on any atom is -0.366 e. The first-order valence-electron chi connectivity index (χ1n) is 9.04. The van der Waals surface area contributed by atoms with Gasteiger partial charge in [-0.3, -0.25) is 9.69 Å². The normalized spacial score (nSPS) is 18.0. The van der Waals surface area contributed by atoms with Gasteiger partial charge < -0.3 is 10.2 Å². The van der Waals surface area contributed by atoms with E-state index in [2.05, 4.69) is 53.2 Å². The fraction of sp³-hybridized carbons (Fsp3) is 0.381. The second kappa shape index (κ2) is 8.11. The molecular weight excluding hydrogens is 346 g/mol. The van der Waals surface area contributed by atoms with Crippen molar-refractivity contribution in [3.05, 3.63) is 58.6 Å². The van der Waals surface area contributed by atoms with Crippen molar-refractivity contribution in [1.29, 1.82) is 0 Å². The van der Waals surface area contributed by atoms with Crippen LogP contribution < -0.4 is 10.2 Å². The second-order valence-electron chi connectivity index (χ2n) is 7.07. The molecule has 1 saturated heterocycles. The van der Waals surface area contributed by atoms with E-state index in [0.717, 1.165) is 30.9 Å². The third-order valence-electron chi connectivity index (χ3n) is 4.99. The zero-order valence-corrected chi connectivity index (χ0v) is 16.4. The third kappa shape index (κ3) is 4.37. The first-order chi connectivity index (χ1) is 12.4. The Labute approximate surface area is 160 Å². The van der Waals surface area contributed by atoms with E-state index in [1.807, 2.05) is 25.1 Å². The number of nitrogens with zero attached hydrogens (tertiary/aromatic N) is 2. The highest BCUT2D eigenvalue weighted by atomic mass is 35.5. The van der Waals surface area contributed by atoms with Crippen molar-refractivity contribution in [1.82, 2.24) is 4.90 Å². The van der Waals surface area contributed by atoms with Crippen LogP contribution in [0, 0.1) is 13.8 Å². The Morgan fingerprint density at radius 2 is 1.88 bits per heavy atom. The topological polar surface area (TPSA) is 35.6 Å². The van der Waals surface area contributed by atoms with Crippen LogP contribution in [0.5, 0.6) is 0 Å². The molecule has 26 heavy (non-hydrogen) atoms. The van der Waals surface area contributed by atoms with Crippen LogP contribution in [-0.2, 0) is 4.79 Å². The zero-order chi connectivity index (χ0) is 18.7. The third-order valence-corrected chi connectivity index (χ3v) is 5.40. The molecule has 0 saturated carbocycles. The minimum atomic E-state index is 0.00588. The molecule has 1 fully saturated rings. The van der Waals surface area contributed by atoms with Crippen molar-refractivity contribution >= 4 is 28.9 Å². The van der Waals surface area contributed by atoms with E-state index in [9.17, 15) is 4.79 Å². The van der Waals surface area contributed by atoms with Gasteiger partial charge in [0.05, 0.1) is 6.54 Å². The van der Waals surface area contributed by atoms with E-state index >= 15 is 0 Å². The molecule has 2 aromatic carbocycles. The van der Waals surface area contributed by atoms with Crippen LogP contribution in [0.25, 0.3) is 0 Å². The number of anilines is 2. The first kappa shape index (κ1) is 18.7. The summed E-state index contributed by atoms with van der Waals surface area (Å²) in [6.07, 6.45) is 0. The van der Waals surface area contributed by atoms with Crippen LogP contribution in [0.2, 0.25) is 5.02 Å². The van der Waals surface area contributed by atoms with Gasteiger partial charge in [0, 0.05) is 42.1 Å². The molecule has 1 aliphatic heterocycles. The number of aryl methyl sites for hydroxylation is 1. The van der Waals surface area contributed by atoms with Gasteiger partial charge in [-0.2, -0.15) is 0 Å². The number of benzene rings is 2. The fourth-order valence-corrected chi connectivity index (χ4v) is 3.61. The predicted octanol–water partition coefficient (Wildman–Crippen LogP) is 4.11. The van der Waals surface area contributed by atoms with Gasteiger partial charge in [-0.25, -0.2) is 0 Å². The van der Waals surface area contributed by atoms with Crippen molar-refractivity contribution in [3.63, 3.8) is 0 Å². The number of carbonyl (C=O) groups excluding carboxylic acids is 1. The van der Waals surface area contributed by atoms with Crippen LogP contribution in [0.4, 0.5) is 11.4 Å². The minimum absolute atomic E-state index is 0.00588. The molecule has 1 heterocycles. The summed E-state index contributed by atoms with van der Waals surface area (Å²) in [5, 5.41) is 3.65. The number of nitrogens with one attached hydrogen (secondary N) is 1. The lowest BCUT2D eigenvalue weighted by Gasteiger charge is -2.41. The number of piperazine rings is 1. The van der Waals surface area contributed by atoms with E-state index in [0.29, 0.717) is 17.6 Å². The van der Waals surface area contributed by atoms with Gasteiger partial charge in [-0.15, -0.1) is 0 Å². The number of hydrogen-bond donors (Lipinski definition) is 1. The Morgan fingerprint density at radius 1 is 1.15 bits per heavy atom. The highest BCUT2D eigenvalue weighted by Crippen LogP contribution is 2.23. The molecule has 3 rings (SSSR count). The summed E-state index contributed by atoms with van der Waals surface area (Å²) >= 11 is 6.13. The average Bonchev–Trinajstić information content (AvgIpc) is 2.60. The van der Waals surface area contributed by atoms with Gasteiger partial charge in [0.15, 0.2) is 0 Å². The van der Waals surface area contributed by atoms with Gasteiger partial charge in [-0.05, 0) is 50.6 Å². The van der Waals surface area contributed by atoms with Crippen molar-refractivity contribution < 1.29 is 4.79 Å². The molecule has 5 heteroatoms. The van der Waals surface area contributed by atoms with Crippen molar-refractivity contribution in [2.24, 2.45) is 0 Å². The summed E-state index contributed by atoms with van der Waals surface area (Å²) in [6, 6.07) is 14.6. The average molecular weight is 372 g/mol. The van der Waals surface area contributed by atoms with Crippen LogP contribution in [0.1, 0.15) is 18.1 Å². The van der Waals surface area contributed by atoms with E-state index < -0.39 is 0 Å². The van der Waals surface area contributed by atoms with Gasteiger partial charge >= 0.3 is 0 Å². The molecule has 2 aromatic rings. The summed E-state index contributed by atoms with van der Waals surface area (Å²) in [5.74, 6) is 0.00588. The molecule has 138 valence electrons. The standard InChI is InChI=1S/C21H26ClN3O/c1-15-7-9-18(10-8-15)25-12-11-24(13-16(25)2)14-21(26)23-20-6-4-5-19(22)17(20)3/h4-10,16H,11-14H2,1-3H3,(H,23,26). The van der Waals surface area contributed by atoms with Crippen LogP contribution in [0.15, 0.2) is 42.5 Å². The Hall–Kier alpha value is -2.04. The maximum absolute atomic E-state index is 12.4. The fourth-order valence-electron chi connectivity index (χ4n) is 3.43. The zero-order valence-electron chi connectivity index (χ0n) is 15.6. The number of rotatable bonds is 4. The first-order valence-corrected chi connectivity index (χ1v) is 9.42. The molecule has 0 spiro atoms. The monoisotopic (exact) mass is 371 g/mol. The summed E-state index contributed by atoms with van der Waals surface area (Å²) in [6.45, 7) is 9.30. The van der Waals surface area contributed by atoms with E-state index in [1.165, 1.54) is 11.3 Å². The Kier molecular flexibility index (Phi) is 5.84. The summed E-state index contributed by atoms with van der Waals surface area (Å²) < 4.78 is 0.